The summed E-state index contributed by atoms with van der Waals surface area (Å²) in [6, 6.07) is 5.45. The van der Waals surface area contributed by atoms with Crippen LogP contribution in [0.4, 0.5) is 0 Å². The summed E-state index contributed by atoms with van der Waals surface area (Å²) in [5.74, 6) is -0.912. The van der Waals surface area contributed by atoms with E-state index in [1.807, 2.05) is 12.1 Å². The van der Waals surface area contributed by atoms with Gasteiger partial charge in [-0.15, -0.1) is 11.3 Å². The van der Waals surface area contributed by atoms with E-state index in [9.17, 15) is 9.59 Å². The Hall–Kier alpha value is -2.54. The van der Waals surface area contributed by atoms with Crippen LogP contribution in [0.25, 0.3) is 21.5 Å². The van der Waals surface area contributed by atoms with E-state index in [1.165, 1.54) is 11.3 Å². The van der Waals surface area contributed by atoms with Gasteiger partial charge >= 0.3 is 0 Å². The molecule has 0 spiro atoms. The molecule has 7 heteroatoms. The van der Waals surface area contributed by atoms with Crippen LogP contribution in [0.2, 0.25) is 0 Å². The highest BCUT2D eigenvalue weighted by Gasteiger charge is 2.14. The van der Waals surface area contributed by atoms with E-state index < -0.39 is 5.91 Å². The van der Waals surface area contributed by atoms with Crippen molar-refractivity contribution in [3.8, 4) is 11.3 Å². The Labute approximate surface area is 110 Å². The van der Waals surface area contributed by atoms with E-state index >= 15 is 0 Å². The summed E-state index contributed by atoms with van der Waals surface area (Å²) < 4.78 is 0.450. The SMILES string of the molecule is NC(=O)c1nc2c(-c3ccccn3)csc2c(=O)[nH]1. The maximum absolute atomic E-state index is 11.8. The number of pyridine rings is 1. The predicted octanol–water partition coefficient (Wildman–Crippen LogP) is 1.15. The van der Waals surface area contributed by atoms with Crippen molar-refractivity contribution in [2.75, 3.05) is 0 Å². The van der Waals surface area contributed by atoms with Crippen molar-refractivity contribution in [1.82, 2.24) is 15.0 Å². The molecular weight excluding hydrogens is 264 g/mol. The lowest BCUT2D eigenvalue weighted by Crippen LogP contribution is -2.20. The summed E-state index contributed by atoms with van der Waals surface area (Å²) in [6.45, 7) is 0. The van der Waals surface area contributed by atoms with Crippen LogP contribution in [0, 0.1) is 0 Å². The monoisotopic (exact) mass is 272 g/mol. The van der Waals surface area contributed by atoms with Crippen molar-refractivity contribution < 1.29 is 4.79 Å². The number of nitrogens with one attached hydrogen (secondary N) is 1. The number of rotatable bonds is 2. The molecule has 0 atom stereocenters. The van der Waals surface area contributed by atoms with Gasteiger partial charge in [0.25, 0.3) is 11.5 Å². The third-order valence-electron chi connectivity index (χ3n) is 2.60. The van der Waals surface area contributed by atoms with Gasteiger partial charge in [-0.1, -0.05) is 6.07 Å². The van der Waals surface area contributed by atoms with Gasteiger partial charge in [0.15, 0.2) is 5.82 Å². The number of nitrogens with zero attached hydrogens (tertiary/aromatic N) is 2. The first-order chi connectivity index (χ1) is 9.16. The second kappa shape index (κ2) is 4.29. The summed E-state index contributed by atoms with van der Waals surface area (Å²) in [7, 11) is 0. The van der Waals surface area contributed by atoms with Crippen LogP contribution in [-0.4, -0.2) is 20.9 Å². The highest BCUT2D eigenvalue weighted by Crippen LogP contribution is 2.29. The fourth-order valence-corrected chi connectivity index (χ4v) is 2.64. The summed E-state index contributed by atoms with van der Waals surface area (Å²) >= 11 is 1.26. The van der Waals surface area contributed by atoms with Crippen molar-refractivity contribution in [2.24, 2.45) is 5.73 Å². The number of primary amides is 1. The summed E-state index contributed by atoms with van der Waals surface area (Å²) in [5, 5.41) is 1.79. The second-order valence-electron chi connectivity index (χ2n) is 3.82. The molecule has 3 rings (SSSR count). The number of amides is 1. The van der Waals surface area contributed by atoms with Crippen LogP contribution < -0.4 is 11.3 Å². The van der Waals surface area contributed by atoms with Gasteiger partial charge in [0.1, 0.15) is 4.70 Å². The van der Waals surface area contributed by atoms with Gasteiger partial charge in [0.2, 0.25) is 0 Å². The van der Waals surface area contributed by atoms with Crippen molar-refractivity contribution in [1.29, 1.82) is 0 Å². The molecule has 0 aliphatic carbocycles. The molecule has 3 aromatic rings. The molecule has 3 aromatic heterocycles. The Bertz CT molecular complexity index is 823. The molecule has 19 heavy (non-hydrogen) atoms. The lowest BCUT2D eigenvalue weighted by molar-refractivity contribution is 0.0990. The van der Waals surface area contributed by atoms with Crippen molar-refractivity contribution in [3.63, 3.8) is 0 Å². The summed E-state index contributed by atoms with van der Waals surface area (Å²) in [6.07, 6.45) is 1.65. The van der Waals surface area contributed by atoms with E-state index in [-0.39, 0.29) is 11.4 Å². The van der Waals surface area contributed by atoms with Gasteiger partial charge in [-0.05, 0) is 12.1 Å². The minimum absolute atomic E-state index is 0.145. The molecule has 0 bridgehead atoms. The first-order valence-corrected chi connectivity index (χ1v) is 6.27. The first kappa shape index (κ1) is 11.5. The van der Waals surface area contributed by atoms with Crippen molar-refractivity contribution >= 4 is 27.5 Å². The normalized spacial score (nSPS) is 10.7. The fraction of sp³-hybridized carbons (Fsp3) is 0. The molecule has 0 unspecified atom stereocenters. The first-order valence-electron chi connectivity index (χ1n) is 5.39. The van der Waals surface area contributed by atoms with Crippen LogP contribution in [0.5, 0.6) is 0 Å². The standard InChI is InChI=1S/C12H8N4O2S/c13-10(17)11-15-8-6(7-3-1-2-4-14-7)5-19-9(8)12(18)16-11/h1-5H,(H2,13,17)(H,15,16,18). The maximum Gasteiger partial charge on any atom is 0.284 e. The Morgan fingerprint density at radius 2 is 2.21 bits per heavy atom. The minimum atomic E-state index is -0.767. The molecule has 94 valence electrons. The number of nitrogens with two attached hydrogens (primary N) is 1. The fourth-order valence-electron chi connectivity index (χ4n) is 1.75. The molecule has 6 nitrogen and oxygen atoms in total. The molecule has 3 N–H and O–H groups in total. The van der Waals surface area contributed by atoms with Gasteiger partial charge in [-0.25, -0.2) is 4.98 Å². The molecular formula is C12H8N4O2S. The quantitative estimate of drug-likeness (QED) is 0.730. The number of aromatic nitrogens is 3. The molecule has 0 saturated carbocycles. The number of aromatic amines is 1. The molecule has 1 amide bonds. The number of fused-ring (bicyclic) bond motifs is 1. The largest absolute Gasteiger partial charge is 0.363 e. The average Bonchev–Trinajstić information content (AvgIpc) is 2.84. The van der Waals surface area contributed by atoms with Gasteiger partial charge in [0.05, 0.1) is 11.2 Å². The van der Waals surface area contributed by atoms with Crippen LogP contribution in [0.1, 0.15) is 10.6 Å². The Balaban J connectivity index is 2.34. The molecule has 0 aliphatic heterocycles. The van der Waals surface area contributed by atoms with Gasteiger partial charge in [-0.3, -0.25) is 14.6 Å². The zero-order valence-corrected chi connectivity index (χ0v) is 10.4. The van der Waals surface area contributed by atoms with E-state index in [1.54, 1.807) is 17.6 Å². The molecule has 0 fully saturated rings. The van der Waals surface area contributed by atoms with Gasteiger partial charge < -0.3 is 10.7 Å². The zero-order valence-electron chi connectivity index (χ0n) is 9.58. The third kappa shape index (κ3) is 1.89. The lowest BCUT2D eigenvalue weighted by atomic mass is 10.2. The Kier molecular flexibility index (Phi) is 2.60. The molecule has 0 aromatic carbocycles. The smallest absolute Gasteiger partial charge is 0.284 e. The van der Waals surface area contributed by atoms with Crippen LogP contribution in [0.15, 0.2) is 34.6 Å². The minimum Gasteiger partial charge on any atom is -0.363 e. The second-order valence-corrected chi connectivity index (χ2v) is 4.70. The van der Waals surface area contributed by atoms with Crippen LogP contribution in [0.3, 0.4) is 0 Å². The molecule has 0 radical (unpaired) electrons. The zero-order chi connectivity index (χ0) is 13.4. The number of carbonyl (C=O) groups excluding carboxylic acids is 1. The third-order valence-corrected chi connectivity index (χ3v) is 3.57. The van der Waals surface area contributed by atoms with E-state index in [0.29, 0.717) is 21.5 Å². The number of thiophene rings is 1. The van der Waals surface area contributed by atoms with E-state index in [2.05, 4.69) is 15.0 Å². The molecule has 0 saturated heterocycles. The molecule has 3 heterocycles. The predicted molar refractivity (Wildman–Crippen MR) is 72.0 cm³/mol. The van der Waals surface area contributed by atoms with Gasteiger partial charge in [0, 0.05) is 17.1 Å². The number of carbonyl (C=O) groups is 1. The number of hydrogen-bond acceptors (Lipinski definition) is 5. The van der Waals surface area contributed by atoms with Crippen LogP contribution >= 0.6 is 11.3 Å². The number of H-pyrrole nitrogens is 1. The average molecular weight is 272 g/mol. The van der Waals surface area contributed by atoms with E-state index in [0.717, 1.165) is 0 Å². The van der Waals surface area contributed by atoms with Crippen LogP contribution in [-0.2, 0) is 0 Å². The Morgan fingerprint density at radius 1 is 1.37 bits per heavy atom. The van der Waals surface area contributed by atoms with Gasteiger partial charge in [-0.2, -0.15) is 0 Å². The van der Waals surface area contributed by atoms with Crippen molar-refractivity contribution in [3.05, 3.63) is 46.0 Å². The number of hydrogen-bond donors (Lipinski definition) is 2. The highest BCUT2D eigenvalue weighted by atomic mass is 32.1. The summed E-state index contributed by atoms with van der Waals surface area (Å²) in [4.78, 5) is 33.7. The topological polar surface area (TPSA) is 102 Å². The van der Waals surface area contributed by atoms with Crippen molar-refractivity contribution in [2.45, 2.75) is 0 Å². The molecule has 0 aliphatic rings. The lowest BCUT2D eigenvalue weighted by Gasteiger charge is -1.99. The summed E-state index contributed by atoms with van der Waals surface area (Å²) in [5.41, 5.74) is 6.64. The maximum atomic E-state index is 11.8. The Morgan fingerprint density at radius 3 is 2.89 bits per heavy atom. The van der Waals surface area contributed by atoms with E-state index in [4.69, 9.17) is 5.73 Å². The highest BCUT2D eigenvalue weighted by molar-refractivity contribution is 7.17.